The van der Waals surface area contributed by atoms with E-state index in [1.807, 2.05) is 6.92 Å². The van der Waals surface area contributed by atoms with Crippen LogP contribution in [0.25, 0.3) is 11.3 Å². The van der Waals surface area contributed by atoms with Gasteiger partial charge in [0.2, 0.25) is 5.91 Å². The molecule has 0 atom stereocenters. The molecule has 0 bridgehead atoms. The standard InChI is InChI=1S/C22H22FN3O5/c1-3-30-17-9-6-15(12-18(17)29-2)22(28)26-25-20(27)10-11-21-24-13-19(31-21)14-4-7-16(23)8-5-14/h4-9,12-13H,3,10-11H2,1-2H3,(H,25,27)(H,26,28). The van der Waals surface area contributed by atoms with Crippen LogP contribution in [0, 0.1) is 5.82 Å². The average molecular weight is 427 g/mol. The Bertz CT molecular complexity index is 1050. The molecule has 0 aliphatic carbocycles. The quantitative estimate of drug-likeness (QED) is 0.535. The molecule has 0 radical (unpaired) electrons. The van der Waals surface area contributed by atoms with E-state index < -0.39 is 11.8 Å². The summed E-state index contributed by atoms with van der Waals surface area (Å²) in [5.41, 5.74) is 5.69. The van der Waals surface area contributed by atoms with Crippen molar-refractivity contribution in [1.29, 1.82) is 0 Å². The summed E-state index contributed by atoms with van der Waals surface area (Å²) < 4.78 is 29.2. The van der Waals surface area contributed by atoms with Crippen LogP contribution >= 0.6 is 0 Å². The second kappa shape index (κ2) is 10.2. The van der Waals surface area contributed by atoms with E-state index in [9.17, 15) is 14.0 Å². The van der Waals surface area contributed by atoms with Crippen LogP contribution in [-0.4, -0.2) is 30.5 Å². The van der Waals surface area contributed by atoms with Gasteiger partial charge >= 0.3 is 0 Å². The van der Waals surface area contributed by atoms with Crippen molar-refractivity contribution in [2.24, 2.45) is 0 Å². The molecular formula is C22H22FN3O5. The Morgan fingerprint density at radius 3 is 2.58 bits per heavy atom. The predicted molar refractivity (Wildman–Crippen MR) is 110 cm³/mol. The topological polar surface area (TPSA) is 103 Å². The van der Waals surface area contributed by atoms with Crippen molar-refractivity contribution < 1.29 is 27.9 Å². The minimum absolute atomic E-state index is 0.0518. The van der Waals surface area contributed by atoms with Gasteiger partial charge in [-0.15, -0.1) is 0 Å². The van der Waals surface area contributed by atoms with Gasteiger partial charge in [-0.3, -0.25) is 20.4 Å². The van der Waals surface area contributed by atoms with Crippen molar-refractivity contribution in [3.63, 3.8) is 0 Å². The SMILES string of the molecule is CCOc1ccc(C(=O)NNC(=O)CCc2ncc(-c3ccc(F)cc3)o2)cc1OC. The molecule has 0 saturated heterocycles. The number of ether oxygens (including phenoxy) is 2. The number of amides is 2. The summed E-state index contributed by atoms with van der Waals surface area (Å²) in [6.07, 6.45) is 1.80. The van der Waals surface area contributed by atoms with Crippen LogP contribution in [0.4, 0.5) is 4.39 Å². The summed E-state index contributed by atoms with van der Waals surface area (Å²) in [5, 5.41) is 0. The van der Waals surface area contributed by atoms with Gasteiger partial charge in [0.15, 0.2) is 23.1 Å². The first-order valence-electron chi connectivity index (χ1n) is 9.60. The second-order valence-electron chi connectivity index (χ2n) is 6.43. The Kier molecular flexibility index (Phi) is 7.21. The van der Waals surface area contributed by atoms with E-state index in [0.717, 1.165) is 0 Å². The number of hydrazine groups is 1. The molecule has 2 N–H and O–H groups in total. The van der Waals surface area contributed by atoms with Crippen LogP contribution < -0.4 is 20.3 Å². The van der Waals surface area contributed by atoms with E-state index in [1.165, 1.54) is 31.5 Å². The van der Waals surface area contributed by atoms with Gasteiger partial charge in [-0.2, -0.15) is 0 Å². The van der Waals surface area contributed by atoms with E-state index in [0.29, 0.717) is 40.9 Å². The lowest BCUT2D eigenvalue weighted by Crippen LogP contribution is -2.41. The molecule has 0 aliphatic rings. The summed E-state index contributed by atoms with van der Waals surface area (Å²) in [5.74, 6) is 0.534. The van der Waals surface area contributed by atoms with Crippen molar-refractivity contribution in [2.45, 2.75) is 19.8 Å². The number of carbonyl (C=O) groups excluding carboxylic acids is 2. The third kappa shape index (κ3) is 5.81. The molecule has 3 aromatic rings. The first-order valence-corrected chi connectivity index (χ1v) is 9.60. The van der Waals surface area contributed by atoms with E-state index in [2.05, 4.69) is 15.8 Å². The predicted octanol–water partition coefficient (Wildman–Crippen LogP) is 3.28. The number of aryl methyl sites for hydroxylation is 1. The highest BCUT2D eigenvalue weighted by atomic mass is 19.1. The fraction of sp³-hybridized carbons (Fsp3) is 0.227. The molecule has 2 amide bonds. The average Bonchev–Trinajstić information content (AvgIpc) is 3.26. The lowest BCUT2D eigenvalue weighted by atomic mass is 10.2. The third-order valence-corrected chi connectivity index (χ3v) is 4.29. The first kappa shape index (κ1) is 21.8. The Morgan fingerprint density at radius 2 is 1.87 bits per heavy atom. The van der Waals surface area contributed by atoms with Crippen LogP contribution in [0.2, 0.25) is 0 Å². The lowest BCUT2D eigenvalue weighted by molar-refractivity contribution is -0.121. The number of aromatic nitrogens is 1. The first-order chi connectivity index (χ1) is 15.0. The lowest BCUT2D eigenvalue weighted by Gasteiger charge is -2.11. The Labute approximate surface area is 178 Å². The van der Waals surface area contributed by atoms with E-state index in [4.69, 9.17) is 13.9 Å². The smallest absolute Gasteiger partial charge is 0.269 e. The molecule has 0 aliphatic heterocycles. The van der Waals surface area contributed by atoms with Crippen molar-refractivity contribution >= 4 is 11.8 Å². The third-order valence-electron chi connectivity index (χ3n) is 4.29. The number of nitrogens with one attached hydrogen (secondary N) is 2. The number of benzene rings is 2. The van der Waals surface area contributed by atoms with Crippen molar-refractivity contribution in [2.75, 3.05) is 13.7 Å². The van der Waals surface area contributed by atoms with Gasteiger partial charge in [-0.05, 0) is 49.4 Å². The fourth-order valence-corrected chi connectivity index (χ4v) is 2.74. The number of oxazole rings is 1. The van der Waals surface area contributed by atoms with E-state index in [1.54, 1.807) is 24.3 Å². The zero-order valence-electron chi connectivity index (χ0n) is 17.1. The van der Waals surface area contributed by atoms with Crippen molar-refractivity contribution in [3.8, 4) is 22.8 Å². The van der Waals surface area contributed by atoms with E-state index >= 15 is 0 Å². The normalized spacial score (nSPS) is 10.4. The van der Waals surface area contributed by atoms with Crippen molar-refractivity contribution in [1.82, 2.24) is 15.8 Å². The molecule has 0 spiro atoms. The molecule has 2 aromatic carbocycles. The zero-order valence-corrected chi connectivity index (χ0v) is 17.1. The molecule has 0 fully saturated rings. The number of nitrogens with zero attached hydrogens (tertiary/aromatic N) is 1. The van der Waals surface area contributed by atoms with Gasteiger partial charge < -0.3 is 13.9 Å². The molecule has 31 heavy (non-hydrogen) atoms. The molecule has 0 saturated carbocycles. The minimum Gasteiger partial charge on any atom is -0.493 e. The van der Waals surface area contributed by atoms with E-state index in [-0.39, 0.29) is 18.7 Å². The number of hydrogen-bond donors (Lipinski definition) is 2. The molecule has 8 nitrogen and oxygen atoms in total. The maximum atomic E-state index is 13.0. The largest absolute Gasteiger partial charge is 0.493 e. The molecule has 1 aromatic heterocycles. The van der Waals surface area contributed by atoms with Crippen molar-refractivity contribution in [3.05, 3.63) is 65.9 Å². The molecule has 162 valence electrons. The van der Waals surface area contributed by atoms with Crippen LogP contribution in [0.15, 0.2) is 53.1 Å². The number of carbonyl (C=O) groups is 2. The summed E-state index contributed by atoms with van der Waals surface area (Å²) in [4.78, 5) is 28.4. The molecular weight excluding hydrogens is 405 g/mol. The van der Waals surface area contributed by atoms with Gasteiger partial charge in [0.1, 0.15) is 5.82 Å². The Morgan fingerprint density at radius 1 is 1.10 bits per heavy atom. The number of rotatable bonds is 8. The Hall–Kier alpha value is -3.88. The highest BCUT2D eigenvalue weighted by Crippen LogP contribution is 2.28. The number of methoxy groups -OCH3 is 1. The summed E-state index contributed by atoms with van der Waals surface area (Å²) in [6, 6.07) is 10.5. The van der Waals surface area contributed by atoms with Crippen LogP contribution in [0.3, 0.4) is 0 Å². The molecule has 0 unspecified atom stereocenters. The number of hydrogen-bond acceptors (Lipinski definition) is 6. The summed E-state index contributed by atoms with van der Waals surface area (Å²) in [6.45, 7) is 2.31. The Balaban J connectivity index is 1.49. The number of halogens is 1. The zero-order chi connectivity index (χ0) is 22.2. The van der Waals surface area contributed by atoms with Gasteiger partial charge in [0.25, 0.3) is 5.91 Å². The van der Waals surface area contributed by atoms with Gasteiger partial charge in [-0.1, -0.05) is 0 Å². The summed E-state index contributed by atoms with van der Waals surface area (Å²) >= 11 is 0. The highest BCUT2D eigenvalue weighted by molar-refractivity contribution is 5.96. The van der Waals surface area contributed by atoms with Crippen LogP contribution in [0.5, 0.6) is 11.5 Å². The monoisotopic (exact) mass is 427 g/mol. The molecule has 1 heterocycles. The second-order valence-corrected chi connectivity index (χ2v) is 6.43. The fourth-order valence-electron chi connectivity index (χ4n) is 2.74. The highest BCUT2D eigenvalue weighted by Gasteiger charge is 2.13. The molecule has 9 heteroatoms. The van der Waals surface area contributed by atoms with Crippen LogP contribution in [0.1, 0.15) is 29.6 Å². The van der Waals surface area contributed by atoms with Gasteiger partial charge in [0.05, 0.1) is 19.9 Å². The molecule has 3 rings (SSSR count). The maximum absolute atomic E-state index is 13.0. The maximum Gasteiger partial charge on any atom is 0.269 e. The summed E-state index contributed by atoms with van der Waals surface area (Å²) in [7, 11) is 1.48. The minimum atomic E-state index is -0.496. The van der Waals surface area contributed by atoms with Gasteiger partial charge in [0, 0.05) is 24.0 Å². The van der Waals surface area contributed by atoms with Crippen LogP contribution in [-0.2, 0) is 11.2 Å². The van der Waals surface area contributed by atoms with Gasteiger partial charge in [-0.25, -0.2) is 9.37 Å².